The van der Waals surface area contributed by atoms with Crippen molar-refractivity contribution in [2.24, 2.45) is 80.8 Å². The van der Waals surface area contributed by atoms with Gasteiger partial charge in [-0.25, -0.2) is 0 Å². The van der Waals surface area contributed by atoms with Crippen LogP contribution in [0, 0.1) is 80.8 Å². The molecule has 0 saturated heterocycles. The maximum absolute atomic E-state index is 12.1. The normalized spacial score (nSPS) is 50.0. The van der Waals surface area contributed by atoms with Crippen molar-refractivity contribution in [3.05, 3.63) is 34.9 Å². The summed E-state index contributed by atoms with van der Waals surface area (Å²) in [5.74, 6) is 4.50. The predicted octanol–water partition coefficient (Wildman–Crippen LogP) is 12.1. The summed E-state index contributed by atoms with van der Waals surface area (Å²) in [6, 6.07) is 0. The zero-order chi connectivity index (χ0) is 47.1. The van der Waals surface area contributed by atoms with E-state index in [1.54, 1.807) is 6.92 Å². The van der Waals surface area contributed by atoms with E-state index in [0.717, 1.165) is 30.3 Å². The van der Waals surface area contributed by atoms with Crippen molar-refractivity contribution in [1.29, 1.82) is 0 Å². The molecule has 0 spiro atoms. The third-order valence-electron chi connectivity index (χ3n) is 21.4. The van der Waals surface area contributed by atoms with Crippen LogP contribution in [0.2, 0.25) is 36.3 Å². The fourth-order valence-electron chi connectivity index (χ4n) is 15.2. The highest BCUT2D eigenvalue weighted by molar-refractivity contribution is 6.74. The van der Waals surface area contributed by atoms with Gasteiger partial charge in [0.25, 0.3) is 0 Å². The van der Waals surface area contributed by atoms with Crippen molar-refractivity contribution in [3.63, 3.8) is 0 Å². The summed E-state index contributed by atoms with van der Waals surface area (Å²) in [6.07, 6.45) is 9.11. The minimum Gasteiger partial charge on any atom is -0.413 e. The van der Waals surface area contributed by atoms with E-state index in [1.165, 1.54) is 17.6 Å². The molecular weight excluding hydrogens is 801 g/mol. The van der Waals surface area contributed by atoms with E-state index < -0.39 is 39.5 Å². The van der Waals surface area contributed by atoms with Crippen molar-refractivity contribution in [3.8, 4) is 0 Å². The molecule has 8 aliphatic rings. The average Bonchev–Trinajstić information content (AvgIpc) is 3.70. The standard InChI is InChI=1S/C27H48O4Si.C27H46O2Si/c1-15-12-17-19(24(17,6)7)20-21(31-32(10,11)23(3,4)5)16(2)22(28)27(30)14-25(8,29)13-18(27)26(15,20)9;1-16-12-18-14-26(8,28)15-20(18)27(9)17(2)13-19-21(25(19,6)7)22(27)23(16)29-30(10,11)24(3,4)5/h13,15-17,19-22,28-30H,12,14H2,1-11H3;12,15-17,19,21-23,28H,13-14H2,1-11H3/t15-,16+,17-,19-,20-,21-,22-,25-,26-,27+;16-,17-,19-,21-,22-,23-,26+,27-/m11/s1. The molecule has 8 rings (SSSR count). The molecule has 0 aromatic rings. The highest BCUT2D eigenvalue weighted by atomic mass is 28.4. The summed E-state index contributed by atoms with van der Waals surface area (Å²) >= 11 is 0. The van der Waals surface area contributed by atoms with Crippen molar-refractivity contribution < 1.29 is 29.3 Å². The number of allylic oxidation sites excluding steroid dienone is 1. The molecule has 0 heterocycles. The summed E-state index contributed by atoms with van der Waals surface area (Å²) < 4.78 is 14.6. The van der Waals surface area contributed by atoms with Gasteiger partial charge in [-0.15, -0.1) is 0 Å². The first-order chi connectivity index (χ1) is 27.6. The summed E-state index contributed by atoms with van der Waals surface area (Å²) in [4.78, 5) is 0. The molecular formula is C54H94O6Si2. The van der Waals surface area contributed by atoms with Crippen LogP contribution in [-0.4, -0.2) is 72.2 Å². The molecule has 0 amide bonds. The first-order valence-corrected chi connectivity index (χ1v) is 30.9. The highest BCUT2D eigenvalue weighted by Gasteiger charge is 2.75. The summed E-state index contributed by atoms with van der Waals surface area (Å²) in [6.45, 7) is 50.9. The predicted molar refractivity (Wildman–Crippen MR) is 260 cm³/mol. The van der Waals surface area contributed by atoms with Gasteiger partial charge in [0.05, 0.1) is 29.5 Å². The van der Waals surface area contributed by atoms with Gasteiger partial charge in [0, 0.05) is 24.2 Å². The van der Waals surface area contributed by atoms with Crippen LogP contribution in [0.25, 0.3) is 0 Å². The first kappa shape index (κ1) is 49.3. The van der Waals surface area contributed by atoms with Crippen molar-refractivity contribution >= 4 is 16.6 Å². The zero-order valence-corrected chi connectivity index (χ0v) is 45.7. The lowest BCUT2D eigenvalue weighted by atomic mass is 9.55. The van der Waals surface area contributed by atoms with Gasteiger partial charge in [-0.3, -0.25) is 0 Å². The van der Waals surface area contributed by atoms with E-state index in [4.69, 9.17) is 8.85 Å². The topological polar surface area (TPSA) is 99.4 Å². The van der Waals surface area contributed by atoms with Gasteiger partial charge in [-0.2, -0.15) is 0 Å². The number of aliphatic hydroxyl groups is 4. The SMILES string of the molecule is C[C@@H]1C=C2C[C@](C)(O)C=C2[C@]2(C)[C@@H]([C@@H]1O[Si](C)(C)C(C)(C)C)[C@H]1[C@@H](C[C@H]2C)C1(C)C.C[C@H]1[C@@H](O[Si](C)(C)C(C)(C)C)[C@H]2[C@H]3[C@@H](C[C@@H](C)[C@]2(C)C2=C[C@@](C)(O)C[C@@]2(O)[C@@H]1O)C3(C)C. The number of hydrogen-bond donors (Lipinski definition) is 4. The van der Waals surface area contributed by atoms with E-state index in [0.29, 0.717) is 40.9 Å². The molecule has 0 aromatic heterocycles. The van der Waals surface area contributed by atoms with Crippen LogP contribution in [0.1, 0.15) is 150 Å². The van der Waals surface area contributed by atoms with E-state index in [9.17, 15) is 20.4 Å². The van der Waals surface area contributed by atoms with Gasteiger partial charge in [0.15, 0.2) is 16.6 Å². The number of aliphatic hydroxyl groups excluding tert-OH is 1. The molecule has 18 atom stereocenters. The zero-order valence-electron chi connectivity index (χ0n) is 43.7. The molecule has 0 radical (unpaired) electrons. The van der Waals surface area contributed by atoms with Crippen molar-refractivity contribution in [1.82, 2.24) is 0 Å². The Morgan fingerprint density at radius 1 is 0.613 bits per heavy atom. The third kappa shape index (κ3) is 7.15. The molecule has 6 nitrogen and oxygen atoms in total. The molecule has 0 aliphatic heterocycles. The third-order valence-corrected chi connectivity index (χ3v) is 30.4. The summed E-state index contributed by atoms with van der Waals surface area (Å²) in [7, 11) is -4.03. The van der Waals surface area contributed by atoms with Gasteiger partial charge in [0.2, 0.25) is 0 Å². The molecule has 5 saturated carbocycles. The van der Waals surface area contributed by atoms with Gasteiger partial charge in [0.1, 0.15) is 5.60 Å². The van der Waals surface area contributed by atoms with Crippen molar-refractivity contribution in [2.75, 3.05) is 0 Å². The Labute approximate surface area is 381 Å². The number of rotatable bonds is 4. The van der Waals surface area contributed by atoms with Gasteiger partial charge in [-0.05, 0) is 155 Å². The van der Waals surface area contributed by atoms with Crippen LogP contribution in [0.3, 0.4) is 0 Å². The Kier molecular flexibility index (Phi) is 11.3. The minimum absolute atomic E-state index is 0.0643. The molecule has 0 aromatic carbocycles. The molecule has 0 unspecified atom stereocenters. The van der Waals surface area contributed by atoms with E-state index in [-0.39, 0.29) is 56.8 Å². The Morgan fingerprint density at radius 2 is 1.05 bits per heavy atom. The quantitative estimate of drug-likeness (QED) is 0.166. The van der Waals surface area contributed by atoms with E-state index in [1.807, 2.05) is 13.0 Å². The van der Waals surface area contributed by atoms with Crippen molar-refractivity contribution in [2.45, 2.75) is 222 Å². The monoisotopic (exact) mass is 895 g/mol. The van der Waals surface area contributed by atoms with Gasteiger partial charge in [-0.1, -0.05) is 123 Å². The fourth-order valence-corrected chi connectivity index (χ4v) is 18.0. The van der Waals surface area contributed by atoms with Crippen LogP contribution in [0.4, 0.5) is 0 Å². The molecule has 0 bridgehead atoms. The Bertz CT molecular complexity index is 1890. The lowest BCUT2D eigenvalue weighted by Gasteiger charge is -2.52. The second kappa shape index (κ2) is 14.2. The smallest absolute Gasteiger partial charge is 0.192 e. The summed E-state index contributed by atoms with van der Waals surface area (Å²) in [5.41, 5.74) is 0.846. The van der Waals surface area contributed by atoms with Crippen LogP contribution >= 0.6 is 0 Å². The van der Waals surface area contributed by atoms with E-state index >= 15 is 0 Å². The maximum atomic E-state index is 12.1. The molecule has 62 heavy (non-hydrogen) atoms. The Balaban J connectivity index is 0.000000187. The average molecular weight is 896 g/mol. The fraction of sp³-hybridized carbons (Fsp3) is 0.889. The lowest BCUT2D eigenvalue weighted by Crippen LogP contribution is -2.54. The molecule has 8 heteroatoms. The largest absolute Gasteiger partial charge is 0.413 e. The minimum atomic E-state index is -2.13. The maximum Gasteiger partial charge on any atom is 0.192 e. The van der Waals surface area contributed by atoms with Gasteiger partial charge < -0.3 is 29.3 Å². The Hall–Kier alpha value is -0.586. The van der Waals surface area contributed by atoms with Gasteiger partial charge >= 0.3 is 0 Å². The second-order valence-corrected chi connectivity index (χ2v) is 38.0. The van der Waals surface area contributed by atoms with Crippen LogP contribution in [-0.2, 0) is 8.85 Å². The number of fused-ring (bicyclic) bond motifs is 10. The Morgan fingerprint density at radius 3 is 1.52 bits per heavy atom. The van der Waals surface area contributed by atoms with Crippen LogP contribution in [0.5, 0.6) is 0 Å². The van der Waals surface area contributed by atoms with E-state index in [2.05, 4.69) is 149 Å². The lowest BCUT2D eigenvalue weighted by molar-refractivity contribution is -0.108. The first-order valence-electron chi connectivity index (χ1n) is 25.0. The molecule has 354 valence electrons. The molecule has 8 aliphatic carbocycles. The highest BCUT2D eigenvalue weighted by Crippen LogP contribution is 2.78. The van der Waals surface area contributed by atoms with Crippen LogP contribution < -0.4 is 0 Å². The molecule has 5 fully saturated rings. The molecule has 4 N–H and O–H groups in total. The number of hydrogen-bond acceptors (Lipinski definition) is 6. The summed E-state index contributed by atoms with van der Waals surface area (Å²) in [5, 5.41) is 46.1. The second-order valence-electron chi connectivity index (χ2n) is 28.4. The van der Waals surface area contributed by atoms with Crippen LogP contribution in [0.15, 0.2) is 34.9 Å².